The van der Waals surface area contributed by atoms with Crippen molar-refractivity contribution in [3.63, 3.8) is 0 Å². The van der Waals surface area contributed by atoms with Gasteiger partial charge in [0.25, 0.3) is 0 Å². The van der Waals surface area contributed by atoms with E-state index in [0.29, 0.717) is 11.5 Å². The first-order valence-electron chi connectivity index (χ1n) is 24.6. The van der Waals surface area contributed by atoms with Crippen molar-refractivity contribution in [1.29, 1.82) is 0 Å². The first-order chi connectivity index (χ1) is 36.8. The van der Waals surface area contributed by atoms with Crippen LogP contribution in [0.2, 0.25) is 0 Å². The number of carbonyl (C=O) groups is 2. The predicted molar refractivity (Wildman–Crippen MR) is 304 cm³/mol. The number of hydrogen-bond donors (Lipinski definition) is 0. The van der Waals surface area contributed by atoms with Crippen molar-refractivity contribution in [2.75, 3.05) is 26.4 Å². The number of ether oxygens (including phenoxy) is 4. The van der Waals surface area contributed by atoms with Crippen LogP contribution < -0.4 is 9.47 Å². The number of nitrogens with zero attached hydrogens (tertiary/aromatic N) is 2. The summed E-state index contributed by atoms with van der Waals surface area (Å²) in [5.41, 5.74) is 10.5. The highest BCUT2D eigenvalue weighted by Crippen LogP contribution is 2.59. The standard InChI is InChI=1S/C65H44N2O6S2/c1-3-60(68)72-29-27-70-50-22-17-42-31-46(15-13-44(42)33-50)63-66-56-25-20-48(37-58(56)74-63)65(55-36-41-11-6-5-10-40(41)35-54(55)53-24-19-39-9-7-8-12-52(39)62(53)65)49-21-26-57-59(38-49)75-64(67-57)47-16-14-45-34-51(23-18-43(45)32-47)71-28-30-73-61(69)4-2/h3-26,31-38H,1-2,27-30H2. The number of aromatic nitrogens is 2. The number of esters is 2. The SMILES string of the molecule is C=CC(=O)OCCOc1ccc2cc(-c3nc4ccc(C5(c6ccc7nc(-c8ccc9cc(OCCOC(=O)C=C)ccc9c8)sc7c6)c6cc7ccccc7cc6-c6ccc7ccccc7c65)cc4s3)ccc2c1. The molecule has 362 valence electrons. The summed E-state index contributed by atoms with van der Waals surface area (Å²) in [6.45, 7) is 7.67. The third-order valence-electron chi connectivity index (χ3n) is 14.2. The minimum absolute atomic E-state index is 0.145. The second kappa shape index (κ2) is 18.8. The molecular weight excluding hydrogens is 969 g/mol. The molecule has 13 rings (SSSR count). The Labute approximate surface area is 439 Å². The number of rotatable bonds is 14. The fraction of sp³-hybridized carbons (Fsp3) is 0.0769. The molecule has 0 atom stereocenters. The number of fused-ring (bicyclic) bond motifs is 10. The summed E-state index contributed by atoms with van der Waals surface area (Å²) in [5.74, 6) is 0.464. The lowest BCUT2D eigenvalue weighted by atomic mass is 9.66. The lowest BCUT2D eigenvalue weighted by Crippen LogP contribution is -2.29. The van der Waals surface area contributed by atoms with Crippen LogP contribution in [0.15, 0.2) is 207 Å². The summed E-state index contributed by atoms with van der Waals surface area (Å²) in [5, 5.41) is 10.9. The fourth-order valence-corrected chi connectivity index (χ4v) is 12.8. The molecule has 8 nitrogen and oxygen atoms in total. The summed E-state index contributed by atoms with van der Waals surface area (Å²) >= 11 is 3.42. The average molecular weight is 1010 g/mol. The van der Waals surface area contributed by atoms with Crippen molar-refractivity contribution < 1.29 is 28.5 Å². The summed E-state index contributed by atoms with van der Waals surface area (Å²) in [7, 11) is 0. The van der Waals surface area contributed by atoms with Gasteiger partial charge in [-0.05, 0) is 149 Å². The van der Waals surface area contributed by atoms with E-state index in [2.05, 4.69) is 171 Å². The summed E-state index contributed by atoms with van der Waals surface area (Å²) < 4.78 is 24.1. The molecule has 0 fully saturated rings. The number of thiazole rings is 2. The molecule has 2 heterocycles. The van der Waals surface area contributed by atoms with Gasteiger partial charge in [0, 0.05) is 23.3 Å². The van der Waals surface area contributed by atoms with E-state index in [-0.39, 0.29) is 26.4 Å². The average Bonchev–Trinajstić information content (AvgIpc) is 4.21. The normalized spacial score (nSPS) is 12.5. The first-order valence-corrected chi connectivity index (χ1v) is 26.3. The van der Waals surface area contributed by atoms with E-state index in [9.17, 15) is 9.59 Å². The highest BCUT2D eigenvalue weighted by atomic mass is 32.1. The Kier molecular flexibility index (Phi) is 11.5. The first kappa shape index (κ1) is 45.9. The number of hydrogen-bond acceptors (Lipinski definition) is 10. The zero-order valence-electron chi connectivity index (χ0n) is 40.4. The summed E-state index contributed by atoms with van der Waals surface area (Å²) in [6, 6.07) is 65.4. The molecule has 75 heavy (non-hydrogen) atoms. The van der Waals surface area contributed by atoms with Crippen molar-refractivity contribution in [3.8, 4) is 43.8 Å². The van der Waals surface area contributed by atoms with E-state index >= 15 is 0 Å². The van der Waals surface area contributed by atoms with E-state index in [1.54, 1.807) is 22.7 Å². The van der Waals surface area contributed by atoms with E-state index < -0.39 is 17.4 Å². The van der Waals surface area contributed by atoms with Gasteiger partial charge < -0.3 is 18.9 Å². The van der Waals surface area contributed by atoms with Crippen molar-refractivity contribution in [2.24, 2.45) is 0 Å². The van der Waals surface area contributed by atoms with Gasteiger partial charge >= 0.3 is 11.9 Å². The highest BCUT2D eigenvalue weighted by molar-refractivity contribution is 7.22. The van der Waals surface area contributed by atoms with E-state index in [0.717, 1.165) is 75.3 Å². The number of benzene rings is 10. The summed E-state index contributed by atoms with van der Waals surface area (Å²) in [6.07, 6.45) is 2.29. The van der Waals surface area contributed by atoms with Gasteiger partial charge in [0.15, 0.2) is 0 Å². The molecule has 0 bridgehead atoms. The molecule has 10 heteroatoms. The molecule has 2 aromatic heterocycles. The fourth-order valence-electron chi connectivity index (χ4n) is 10.8. The van der Waals surface area contributed by atoms with E-state index in [1.165, 1.54) is 54.9 Å². The molecule has 1 aliphatic rings. The predicted octanol–water partition coefficient (Wildman–Crippen LogP) is 15.4. The molecule has 0 amide bonds. The summed E-state index contributed by atoms with van der Waals surface area (Å²) in [4.78, 5) is 33.4. The molecule has 12 aromatic rings. The minimum Gasteiger partial charge on any atom is -0.490 e. The van der Waals surface area contributed by atoms with Crippen LogP contribution in [0.5, 0.6) is 11.5 Å². The van der Waals surface area contributed by atoms with Crippen LogP contribution in [-0.4, -0.2) is 48.3 Å². The van der Waals surface area contributed by atoms with Gasteiger partial charge in [-0.3, -0.25) is 0 Å². The van der Waals surface area contributed by atoms with Crippen molar-refractivity contribution in [2.45, 2.75) is 5.41 Å². The molecule has 0 saturated heterocycles. The van der Waals surface area contributed by atoms with Gasteiger partial charge in [-0.2, -0.15) is 0 Å². The van der Waals surface area contributed by atoms with Gasteiger partial charge in [0.1, 0.15) is 47.9 Å². The molecule has 0 N–H and O–H groups in total. The van der Waals surface area contributed by atoms with Gasteiger partial charge in [0.2, 0.25) is 0 Å². The second-order valence-electron chi connectivity index (χ2n) is 18.5. The van der Waals surface area contributed by atoms with Crippen molar-refractivity contribution >= 4 is 98.1 Å². The monoisotopic (exact) mass is 1010 g/mol. The van der Waals surface area contributed by atoms with Gasteiger partial charge in [-0.25, -0.2) is 19.6 Å². The van der Waals surface area contributed by atoms with E-state index in [1.807, 2.05) is 24.3 Å². The maximum atomic E-state index is 11.5. The zero-order chi connectivity index (χ0) is 50.6. The maximum Gasteiger partial charge on any atom is 0.330 e. The Morgan fingerprint density at radius 3 is 1.51 bits per heavy atom. The topological polar surface area (TPSA) is 96.8 Å². The minimum atomic E-state index is -0.724. The Bertz CT molecular complexity index is 4140. The molecule has 1 aliphatic carbocycles. The van der Waals surface area contributed by atoms with Crippen LogP contribution in [0.3, 0.4) is 0 Å². The van der Waals surface area contributed by atoms with Crippen molar-refractivity contribution in [3.05, 3.63) is 230 Å². The van der Waals surface area contributed by atoms with Crippen LogP contribution in [0.4, 0.5) is 0 Å². The highest BCUT2D eigenvalue weighted by Gasteiger charge is 2.48. The van der Waals surface area contributed by atoms with Gasteiger partial charge in [-0.1, -0.05) is 122 Å². The molecule has 10 aromatic carbocycles. The Morgan fingerprint density at radius 2 is 0.947 bits per heavy atom. The largest absolute Gasteiger partial charge is 0.490 e. The van der Waals surface area contributed by atoms with Crippen molar-refractivity contribution in [1.82, 2.24) is 9.97 Å². The lowest BCUT2D eigenvalue weighted by molar-refractivity contribution is -0.139. The molecular formula is C65H44N2O6S2. The lowest BCUT2D eigenvalue weighted by Gasteiger charge is -2.35. The molecule has 0 saturated carbocycles. The number of carbonyl (C=O) groups excluding carboxylic acids is 2. The van der Waals surface area contributed by atoms with Gasteiger partial charge in [0.05, 0.1) is 25.8 Å². The van der Waals surface area contributed by atoms with Crippen LogP contribution in [0, 0.1) is 0 Å². The third kappa shape index (κ3) is 8.15. The molecule has 0 radical (unpaired) electrons. The Balaban J connectivity index is 0.919. The van der Waals surface area contributed by atoms with Crippen LogP contribution in [0.25, 0.3) is 95.8 Å². The smallest absolute Gasteiger partial charge is 0.330 e. The maximum absolute atomic E-state index is 11.5. The zero-order valence-corrected chi connectivity index (χ0v) is 42.0. The second-order valence-corrected chi connectivity index (χ2v) is 20.6. The van der Waals surface area contributed by atoms with Crippen LogP contribution >= 0.6 is 22.7 Å². The molecule has 0 unspecified atom stereocenters. The Hall–Kier alpha value is -8.96. The quantitative estimate of drug-likeness (QED) is 0.0604. The van der Waals surface area contributed by atoms with E-state index in [4.69, 9.17) is 28.9 Å². The Morgan fingerprint density at radius 1 is 0.467 bits per heavy atom. The van der Waals surface area contributed by atoms with Gasteiger partial charge in [-0.15, -0.1) is 22.7 Å². The van der Waals surface area contributed by atoms with Crippen LogP contribution in [0.1, 0.15) is 22.3 Å². The third-order valence-corrected chi connectivity index (χ3v) is 16.3. The molecule has 0 aliphatic heterocycles. The molecule has 0 spiro atoms. The van der Waals surface area contributed by atoms with Crippen LogP contribution in [-0.2, 0) is 24.5 Å².